The number of nitrogens with zero attached hydrogens (tertiary/aromatic N) is 3. The van der Waals surface area contributed by atoms with E-state index in [9.17, 15) is 0 Å². The van der Waals surface area contributed by atoms with Gasteiger partial charge in [0.25, 0.3) is 0 Å². The fourth-order valence-electron chi connectivity index (χ4n) is 10.7. The molecule has 1 aliphatic carbocycles. The van der Waals surface area contributed by atoms with Crippen molar-refractivity contribution < 1.29 is 0 Å². The largest absolute Gasteiger partial charge is 0.338 e. The molecule has 12 aromatic rings. The van der Waals surface area contributed by atoms with Crippen LogP contribution in [0.25, 0.3) is 107 Å². The van der Waals surface area contributed by atoms with Gasteiger partial charge in [0.1, 0.15) is 0 Å². The molecule has 0 saturated heterocycles. The van der Waals surface area contributed by atoms with Crippen molar-refractivity contribution in [2.45, 2.75) is 0 Å². The van der Waals surface area contributed by atoms with Crippen LogP contribution in [0.4, 0.5) is 22.7 Å². The lowest BCUT2D eigenvalue weighted by atomic mass is 9.80. The maximum absolute atomic E-state index is 5.36. The van der Waals surface area contributed by atoms with Crippen molar-refractivity contribution in [2.75, 3.05) is 22.9 Å². The third-order valence-electron chi connectivity index (χ3n) is 13.8. The van der Waals surface area contributed by atoms with Crippen LogP contribution in [0, 0.1) is 0 Å². The first-order valence-corrected chi connectivity index (χ1v) is 24.3. The predicted molar refractivity (Wildman–Crippen MR) is 283 cm³/mol. The summed E-state index contributed by atoms with van der Waals surface area (Å²) < 4.78 is 5.26. The van der Waals surface area contributed by atoms with Gasteiger partial charge in [0, 0.05) is 82.1 Å². The van der Waals surface area contributed by atoms with E-state index >= 15 is 0 Å². The standard InChI is InChI=1S/C61H39N3S2/c1-3-14-40(15-4-1)63-32-33-64(41-16-5-2-6-17-41)56-37-54-53(36-55(56)63)52-35-39(43-21-12-23-50-47-19-8-10-26-58(47)66-61(43)50)28-30-45(52)44-29-27-38(34-51(44)48-24-13-31-62-59(48)54)42-20-11-22-49-46-18-7-9-25-57(46)65-60(42)49/h1-31,34-37H,32-33H2. The zero-order valence-electron chi connectivity index (χ0n) is 35.8. The van der Waals surface area contributed by atoms with Gasteiger partial charge in [-0.2, -0.15) is 0 Å². The van der Waals surface area contributed by atoms with Crippen molar-refractivity contribution in [3.05, 3.63) is 212 Å². The first kappa shape index (κ1) is 37.5. The Morgan fingerprint density at radius 2 is 0.788 bits per heavy atom. The molecule has 1 aliphatic heterocycles. The van der Waals surface area contributed by atoms with Crippen LogP contribution >= 0.6 is 22.7 Å². The highest BCUT2D eigenvalue weighted by Crippen LogP contribution is 2.54. The van der Waals surface area contributed by atoms with Gasteiger partial charge < -0.3 is 9.80 Å². The van der Waals surface area contributed by atoms with E-state index in [1.807, 2.05) is 28.9 Å². The number of anilines is 4. The second-order valence-corrected chi connectivity index (χ2v) is 19.4. The molecule has 5 heteroatoms. The quantitative estimate of drug-likeness (QED) is 0.176. The van der Waals surface area contributed by atoms with Gasteiger partial charge in [-0.1, -0.05) is 140 Å². The van der Waals surface area contributed by atoms with E-state index in [-0.39, 0.29) is 0 Å². The van der Waals surface area contributed by atoms with Gasteiger partial charge in [0.05, 0.1) is 17.1 Å². The minimum Gasteiger partial charge on any atom is -0.338 e. The molecule has 9 aromatic carbocycles. The number of fused-ring (bicyclic) bond motifs is 15. The fourth-order valence-corrected chi connectivity index (χ4v) is 13.2. The van der Waals surface area contributed by atoms with Gasteiger partial charge in [0.2, 0.25) is 0 Å². The lowest BCUT2D eigenvalue weighted by molar-refractivity contribution is 0.850. The summed E-state index contributed by atoms with van der Waals surface area (Å²) in [6, 6.07) is 76.5. The maximum Gasteiger partial charge on any atom is 0.0787 e. The van der Waals surface area contributed by atoms with Crippen LogP contribution in [0.5, 0.6) is 0 Å². The van der Waals surface area contributed by atoms with Crippen LogP contribution < -0.4 is 9.80 Å². The normalized spacial score (nSPS) is 13.0. The molecule has 0 amide bonds. The average molecular weight is 878 g/mol. The SMILES string of the molecule is c1ccc(N2CCN(c3ccccc3)c3cc4c(cc32)-c2cc(-c3cccc5c3sc3ccccc35)ccc2-c2ccc(-c3cccc5c3sc3ccccc35)cc2-c2cccnc2-4)cc1. The number of rotatable bonds is 4. The summed E-state index contributed by atoms with van der Waals surface area (Å²) in [6.07, 6.45) is 1.97. The van der Waals surface area contributed by atoms with Crippen molar-refractivity contribution in [1.82, 2.24) is 4.98 Å². The maximum atomic E-state index is 5.36. The van der Waals surface area contributed by atoms with Gasteiger partial charge in [-0.05, 0) is 117 Å². The molecule has 0 radical (unpaired) electrons. The van der Waals surface area contributed by atoms with E-state index in [1.54, 1.807) is 0 Å². The predicted octanol–water partition coefficient (Wildman–Crippen LogP) is 17.4. The number of aromatic nitrogens is 1. The summed E-state index contributed by atoms with van der Waals surface area (Å²) in [5.74, 6) is 0. The van der Waals surface area contributed by atoms with Crippen LogP contribution in [-0.4, -0.2) is 18.1 Å². The second-order valence-electron chi connectivity index (χ2n) is 17.3. The summed E-state index contributed by atoms with van der Waals surface area (Å²) in [7, 11) is 0. The Kier molecular flexibility index (Phi) is 8.45. The summed E-state index contributed by atoms with van der Waals surface area (Å²) >= 11 is 3.77. The number of pyridine rings is 1. The highest BCUT2D eigenvalue weighted by molar-refractivity contribution is 7.26. The van der Waals surface area contributed by atoms with E-state index in [4.69, 9.17) is 4.98 Å². The number of hydrogen-bond donors (Lipinski definition) is 0. The molecule has 310 valence electrons. The van der Waals surface area contributed by atoms with Crippen LogP contribution in [0.2, 0.25) is 0 Å². The zero-order valence-corrected chi connectivity index (χ0v) is 37.4. The molecule has 0 unspecified atom stereocenters. The van der Waals surface area contributed by atoms with Crippen molar-refractivity contribution in [1.29, 1.82) is 0 Å². The molecular formula is C61H39N3S2. The van der Waals surface area contributed by atoms with E-state index in [0.717, 1.165) is 29.9 Å². The lowest BCUT2D eigenvalue weighted by Gasteiger charge is -2.40. The third kappa shape index (κ3) is 5.77. The molecule has 0 saturated carbocycles. The highest BCUT2D eigenvalue weighted by atomic mass is 32.1. The average Bonchev–Trinajstić information content (AvgIpc) is 3.97. The minimum atomic E-state index is 0.842. The Balaban J connectivity index is 1.06. The van der Waals surface area contributed by atoms with Gasteiger partial charge in [0.15, 0.2) is 0 Å². The number of hydrogen-bond acceptors (Lipinski definition) is 5. The van der Waals surface area contributed by atoms with Crippen LogP contribution in [-0.2, 0) is 0 Å². The van der Waals surface area contributed by atoms with Crippen LogP contribution in [0.3, 0.4) is 0 Å². The topological polar surface area (TPSA) is 19.4 Å². The molecule has 14 rings (SSSR count). The Morgan fingerprint density at radius 3 is 1.35 bits per heavy atom. The summed E-state index contributed by atoms with van der Waals surface area (Å²) in [4.78, 5) is 10.4. The Morgan fingerprint density at radius 1 is 0.333 bits per heavy atom. The molecule has 66 heavy (non-hydrogen) atoms. The Bertz CT molecular complexity index is 3900. The van der Waals surface area contributed by atoms with E-state index in [2.05, 4.69) is 216 Å². The number of benzene rings is 9. The molecular weight excluding hydrogens is 839 g/mol. The monoisotopic (exact) mass is 877 g/mol. The molecule has 0 bridgehead atoms. The molecule has 0 atom stereocenters. The van der Waals surface area contributed by atoms with Gasteiger partial charge in [-0.3, -0.25) is 4.98 Å². The zero-order chi connectivity index (χ0) is 43.3. The van der Waals surface area contributed by atoms with E-state index in [0.29, 0.717) is 0 Å². The molecule has 3 nitrogen and oxygen atoms in total. The third-order valence-corrected chi connectivity index (χ3v) is 16.2. The van der Waals surface area contributed by atoms with Gasteiger partial charge >= 0.3 is 0 Å². The van der Waals surface area contributed by atoms with Crippen LogP contribution in [0.1, 0.15) is 0 Å². The lowest BCUT2D eigenvalue weighted by Crippen LogP contribution is -2.36. The molecule has 0 spiro atoms. The second kappa shape index (κ2) is 14.9. The first-order chi connectivity index (χ1) is 32.7. The van der Waals surface area contributed by atoms with Crippen molar-refractivity contribution >= 4 is 85.8 Å². The number of thiophene rings is 2. The molecule has 4 heterocycles. The van der Waals surface area contributed by atoms with E-state index in [1.165, 1.54) is 113 Å². The molecule has 3 aromatic heterocycles. The smallest absolute Gasteiger partial charge is 0.0787 e. The Labute approximate surface area is 390 Å². The van der Waals surface area contributed by atoms with Crippen molar-refractivity contribution in [3.8, 4) is 66.9 Å². The summed E-state index contributed by atoms with van der Waals surface area (Å²) in [5, 5.41) is 5.23. The fraction of sp³-hybridized carbons (Fsp3) is 0.0328. The highest BCUT2D eigenvalue weighted by Gasteiger charge is 2.31. The van der Waals surface area contributed by atoms with Gasteiger partial charge in [-0.15, -0.1) is 22.7 Å². The van der Waals surface area contributed by atoms with Crippen LogP contribution in [0.15, 0.2) is 212 Å². The number of para-hydroxylation sites is 2. The van der Waals surface area contributed by atoms with E-state index < -0.39 is 0 Å². The summed E-state index contributed by atoms with van der Waals surface area (Å²) in [5.41, 5.74) is 18.9. The summed E-state index contributed by atoms with van der Waals surface area (Å²) in [6.45, 7) is 1.69. The van der Waals surface area contributed by atoms with Crippen molar-refractivity contribution in [2.24, 2.45) is 0 Å². The molecule has 0 N–H and O–H groups in total. The van der Waals surface area contributed by atoms with Crippen molar-refractivity contribution in [3.63, 3.8) is 0 Å². The first-order valence-electron chi connectivity index (χ1n) is 22.6. The Hall–Kier alpha value is -7.83. The molecule has 2 aliphatic rings. The van der Waals surface area contributed by atoms with Gasteiger partial charge in [-0.25, -0.2) is 0 Å². The minimum absolute atomic E-state index is 0.842. The molecule has 0 fully saturated rings.